The minimum absolute atomic E-state index is 0.183. The van der Waals surface area contributed by atoms with E-state index >= 15 is 0 Å². The van der Waals surface area contributed by atoms with Gasteiger partial charge in [-0.15, -0.1) is 0 Å². The number of nitrogens with zero attached hydrogens (tertiary/aromatic N) is 1. The van der Waals surface area contributed by atoms with E-state index in [2.05, 4.69) is 5.32 Å². The molecule has 162 valence electrons. The van der Waals surface area contributed by atoms with Gasteiger partial charge in [0.25, 0.3) is 5.91 Å². The van der Waals surface area contributed by atoms with Crippen LogP contribution in [0.3, 0.4) is 0 Å². The third kappa shape index (κ3) is 5.92. The van der Waals surface area contributed by atoms with Crippen LogP contribution >= 0.6 is 0 Å². The van der Waals surface area contributed by atoms with Crippen LogP contribution in [-0.4, -0.2) is 30.8 Å². The molecule has 0 atom stereocenters. The highest BCUT2D eigenvalue weighted by Gasteiger charge is 2.14. The van der Waals surface area contributed by atoms with Crippen molar-refractivity contribution in [1.29, 1.82) is 0 Å². The van der Waals surface area contributed by atoms with Crippen molar-refractivity contribution in [3.63, 3.8) is 0 Å². The van der Waals surface area contributed by atoms with E-state index in [0.29, 0.717) is 22.5 Å². The number of rotatable bonds is 6. The number of carbonyl (C=O) groups excluding carboxylic acids is 2. The van der Waals surface area contributed by atoms with E-state index in [0.717, 1.165) is 11.1 Å². The fraction of sp³-hybridized carbons (Fsp3) is 0.0769. The molecule has 0 aliphatic rings. The molecule has 0 spiro atoms. The van der Waals surface area contributed by atoms with Crippen molar-refractivity contribution >= 4 is 40.9 Å². The van der Waals surface area contributed by atoms with Gasteiger partial charge in [0.15, 0.2) is 0 Å². The first-order chi connectivity index (χ1) is 15.3. The molecule has 0 aromatic heterocycles. The Bertz CT molecular complexity index is 1160. The first-order valence-corrected chi connectivity index (χ1v) is 9.96. The summed E-state index contributed by atoms with van der Waals surface area (Å²) in [6.07, 6.45) is 4.87. The molecular formula is C26H24FN3O2. The number of hydrogen-bond acceptors (Lipinski definition) is 3. The second-order valence-corrected chi connectivity index (χ2v) is 7.34. The van der Waals surface area contributed by atoms with Crippen molar-refractivity contribution in [2.45, 2.75) is 0 Å². The first kappa shape index (κ1) is 22.5. The van der Waals surface area contributed by atoms with E-state index in [1.807, 2.05) is 24.3 Å². The number of likely N-dealkylation sites (N-methyl/N-ethyl adjacent to an activating group) is 1. The Morgan fingerprint density at radius 1 is 0.906 bits per heavy atom. The molecule has 5 nitrogen and oxygen atoms in total. The highest BCUT2D eigenvalue weighted by Crippen LogP contribution is 2.21. The van der Waals surface area contributed by atoms with Crippen molar-refractivity contribution < 1.29 is 14.0 Å². The average Bonchev–Trinajstić information content (AvgIpc) is 2.78. The molecule has 0 bridgehead atoms. The van der Waals surface area contributed by atoms with Gasteiger partial charge in [0.1, 0.15) is 5.82 Å². The summed E-state index contributed by atoms with van der Waals surface area (Å²) >= 11 is 0. The minimum Gasteiger partial charge on any atom is -0.397 e. The van der Waals surface area contributed by atoms with Crippen LogP contribution in [0.4, 0.5) is 15.8 Å². The highest BCUT2D eigenvalue weighted by molar-refractivity contribution is 6.24. The van der Waals surface area contributed by atoms with E-state index in [1.54, 1.807) is 62.6 Å². The van der Waals surface area contributed by atoms with Crippen LogP contribution in [0.2, 0.25) is 0 Å². The maximum Gasteiger partial charge on any atom is 0.253 e. The lowest BCUT2D eigenvalue weighted by Gasteiger charge is -2.14. The molecule has 0 aliphatic heterocycles. The second-order valence-electron chi connectivity index (χ2n) is 7.34. The summed E-state index contributed by atoms with van der Waals surface area (Å²) in [5.41, 5.74) is 9.59. The van der Waals surface area contributed by atoms with Crippen LogP contribution in [0.15, 0.2) is 78.9 Å². The van der Waals surface area contributed by atoms with Crippen molar-refractivity contribution in [3.05, 3.63) is 101 Å². The Kier molecular flexibility index (Phi) is 7.18. The third-order valence-electron chi connectivity index (χ3n) is 4.69. The minimum atomic E-state index is -0.361. The topological polar surface area (TPSA) is 75.4 Å². The maximum absolute atomic E-state index is 13.3. The molecule has 0 aliphatic carbocycles. The second kappa shape index (κ2) is 10.2. The summed E-state index contributed by atoms with van der Waals surface area (Å²) in [4.78, 5) is 26.3. The van der Waals surface area contributed by atoms with Gasteiger partial charge < -0.3 is 16.0 Å². The Morgan fingerprint density at radius 2 is 1.53 bits per heavy atom. The van der Waals surface area contributed by atoms with E-state index < -0.39 is 0 Å². The molecule has 3 N–H and O–H groups in total. The molecule has 6 heteroatoms. The summed E-state index contributed by atoms with van der Waals surface area (Å²) < 4.78 is 13.3. The molecule has 0 radical (unpaired) electrons. The SMILES string of the molecule is CN(C)C(=O)/C(=C/c1ccc(/C=C/C(=O)Nc2ccccc2N)cc1)c1ccc(F)cc1. The Hall–Kier alpha value is -4.19. The van der Waals surface area contributed by atoms with E-state index in [4.69, 9.17) is 5.73 Å². The quantitative estimate of drug-likeness (QED) is 0.339. The standard InChI is InChI=1S/C26H24FN3O2/c1-30(2)26(32)22(20-12-14-21(27)15-13-20)17-19-9-7-18(8-10-19)11-16-25(31)29-24-6-4-3-5-23(24)28/h3-17H,28H2,1-2H3,(H,29,31)/b16-11+,22-17+. The predicted molar refractivity (Wildman–Crippen MR) is 128 cm³/mol. The number of anilines is 2. The van der Waals surface area contributed by atoms with Gasteiger partial charge in [0, 0.05) is 25.7 Å². The Morgan fingerprint density at radius 3 is 2.16 bits per heavy atom. The smallest absolute Gasteiger partial charge is 0.253 e. The third-order valence-corrected chi connectivity index (χ3v) is 4.69. The fourth-order valence-corrected chi connectivity index (χ4v) is 2.97. The predicted octanol–water partition coefficient (Wildman–Crippen LogP) is 4.69. The number of nitrogens with two attached hydrogens (primary N) is 1. The number of nitrogen functional groups attached to an aromatic ring is 1. The van der Waals surface area contributed by atoms with Crippen molar-refractivity contribution in [3.8, 4) is 0 Å². The van der Waals surface area contributed by atoms with Gasteiger partial charge in [-0.05, 0) is 53.1 Å². The molecule has 2 amide bonds. The summed E-state index contributed by atoms with van der Waals surface area (Å²) in [6, 6.07) is 20.2. The molecule has 0 unspecified atom stereocenters. The van der Waals surface area contributed by atoms with Gasteiger partial charge in [-0.2, -0.15) is 0 Å². The molecule has 0 saturated heterocycles. The van der Waals surface area contributed by atoms with Crippen LogP contribution < -0.4 is 11.1 Å². The van der Waals surface area contributed by atoms with Crippen LogP contribution in [0.1, 0.15) is 16.7 Å². The lowest BCUT2D eigenvalue weighted by Crippen LogP contribution is -2.22. The van der Waals surface area contributed by atoms with Crippen LogP contribution in [0, 0.1) is 5.82 Å². The van der Waals surface area contributed by atoms with Crippen molar-refractivity contribution in [2.75, 3.05) is 25.1 Å². The zero-order valence-electron chi connectivity index (χ0n) is 17.9. The molecule has 3 rings (SSSR count). The molecule has 3 aromatic rings. The van der Waals surface area contributed by atoms with Crippen molar-refractivity contribution in [2.24, 2.45) is 0 Å². The van der Waals surface area contributed by atoms with Crippen LogP contribution in [0.5, 0.6) is 0 Å². The molecular weight excluding hydrogens is 405 g/mol. The largest absolute Gasteiger partial charge is 0.397 e. The molecule has 3 aromatic carbocycles. The summed E-state index contributed by atoms with van der Waals surface area (Å²) in [6.45, 7) is 0. The normalized spacial score (nSPS) is 11.4. The average molecular weight is 429 g/mol. The monoisotopic (exact) mass is 429 g/mol. The summed E-state index contributed by atoms with van der Waals surface area (Å²) in [7, 11) is 3.34. The number of halogens is 1. The first-order valence-electron chi connectivity index (χ1n) is 9.96. The number of carbonyl (C=O) groups is 2. The maximum atomic E-state index is 13.3. The zero-order chi connectivity index (χ0) is 23.1. The fourth-order valence-electron chi connectivity index (χ4n) is 2.97. The number of hydrogen-bond donors (Lipinski definition) is 2. The van der Waals surface area contributed by atoms with Gasteiger partial charge in [-0.1, -0.05) is 48.5 Å². The number of nitrogens with one attached hydrogen (secondary N) is 1. The van der Waals surface area contributed by atoms with E-state index in [-0.39, 0.29) is 17.6 Å². The lowest BCUT2D eigenvalue weighted by molar-refractivity contribution is -0.122. The summed E-state index contributed by atoms with van der Waals surface area (Å²) in [5.74, 6) is -0.833. The van der Waals surface area contributed by atoms with E-state index in [1.165, 1.54) is 23.1 Å². The zero-order valence-corrected chi connectivity index (χ0v) is 17.9. The molecule has 32 heavy (non-hydrogen) atoms. The van der Waals surface area contributed by atoms with Crippen LogP contribution in [-0.2, 0) is 9.59 Å². The molecule has 0 heterocycles. The Balaban J connectivity index is 1.76. The van der Waals surface area contributed by atoms with Crippen LogP contribution in [0.25, 0.3) is 17.7 Å². The lowest BCUT2D eigenvalue weighted by atomic mass is 10.0. The summed E-state index contributed by atoms with van der Waals surface area (Å²) in [5, 5.41) is 2.73. The van der Waals surface area contributed by atoms with Gasteiger partial charge in [0.2, 0.25) is 5.91 Å². The number of amides is 2. The highest BCUT2D eigenvalue weighted by atomic mass is 19.1. The number of benzene rings is 3. The van der Waals surface area contributed by atoms with Gasteiger partial charge in [-0.3, -0.25) is 9.59 Å². The van der Waals surface area contributed by atoms with Crippen molar-refractivity contribution in [1.82, 2.24) is 4.90 Å². The number of para-hydroxylation sites is 2. The molecule has 0 fully saturated rings. The van der Waals surface area contributed by atoms with Gasteiger partial charge in [-0.25, -0.2) is 4.39 Å². The molecule has 0 saturated carbocycles. The van der Waals surface area contributed by atoms with Gasteiger partial charge in [0.05, 0.1) is 11.4 Å². The Labute approximate surface area is 186 Å². The van der Waals surface area contributed by atoms with E-state index in [9.17, 15) is 14.0 Å². The van der Waals surface area contributed by atoms with Gasteiger partial charge >= 0.3 is 0 Å².